The SMILES string of the molecule is COc1cc(/C(N)=N/O)ccc1OCCC(C)C. The summed E-state index contributed by atoms with van der Waals surface area (Å²) in [6.07, 6.45) is 0.977. The molecule has 0 spiro atoms. The molecule has 18 heavy (non-hydrogen) atoms. The Morgan fingerprint density at radius 1 is 1.39 bits per heavy atom. The van der Waals surface area contributed by atoms with Crippen LogP contribution in [0.4, 0.5) is 0 Å². The van der Waals surface area contributed by atoms with Gasteiger partial charge in [-0.25, -0.2) is 0 Å². The molecule has 0 saturated heterocycles. The van der Waals surface area contributed by atoms with Crippen molar-refractivity contribution >= 4 is 5.84 Å². The average molecular weight is 252 g/mol. The zero-order valence-corrected chi connectivity index (χ0v) is 11.0. The first-order valence-corrected chi connectivity index (χ1v) is 5.87. The fraction of sp³-hybridized carbons (Fsp3) is 0.462. The van der Waals surface area contributed by atoms with Crippen LogP contribution in [0.25, 0.3) is 0 Å². The third-order valence-corrected chi connectivity index (χ3v) is 2.52. The Morgan fingerprint density at radius 2 is 2.11 bits per heavy atom. The highest BCUT2D eigenvalue weighted by molar-refractivity contribution is 5.97. The number of hydrogen-bond donors (Lipinski definition) is 2. The first-order valence-electron chi connectivity index (χ1n) is 5.87. The number of hydrogen-bond acceptors (Lipinski definition) is 4. The lowest BCUT2D eigenvalue weighted by atomic mass is 10.1. The van der Waals surface area contributed by atoms with E-state index in [-0.39, 0.29) is 5.84 Å². The van der Waals surface area contributed by atoms with E-state index < -0.39 is 0 Å². The van der Waals surface area contributed by atoms with Crippen molar-refractivity contribution in [3.8, 4) is 11.5 Å². The molecule has 0 aliphatic carbocycles. The molecule has 5 nitrogen and oxygen atoms in total. The predicted octanol–water partition coefficient (Wildman–Crippen LogP) is 2.21. The Hall–Kier alpha value is -1.91. The van der Waals surface area contributed by atoms with E-state index in [4.69, 9.17) is 20.4 Å². The first-order chi connectivity index (χ1) is 8.58. The molecule has 0 amide bonds. The lowest BCUT2D eigenvalue weighted by molar-refractivity contribution is 0.273. The number of methoxy groups -OCH3 is 1. The number of benzene rings is 1. The molecule has 1 rings (SSSR count). The molecule has 1 aromatic carbocycles. The zero-order chi connectivity index (χ0) is 13.5. The number of ether oxygens (including phenoxy) is 2. The van der Waals surface area contributed by atoms with E-state index in [1.807, 2.05) is 0 Å². The third kappa shape index (κ3) is 3.84. The van der Waals surface area contributed by atoms with Gasteiger partial charge in [-0.3, -0.25) is 0 Å². The van der Waals surface area contributed by atoms with Crippen molar-refractivity contribution in [2.45, 2.75) is 20.3 Å². The zero-order valence-electron chi connectivity index (χ0n) is 11.0. The molecule has 0 atom stereocenters. The molecule has 1 aromatic rings. The Morgan fingerprint density at radius 3 is 2.67 bits per heavy atom. The number of rotatable bonds is 6. The minimum atomic E-state index is 0.0435. The van der Waals surface area contributed by atoms with Gasteiger partial charge in [0, 0.05) is 5.56 Å². The second-order valence-corrected chi connectivity index (χ2v) is 4.38. The monoisotopic (exact) mass is 252 g/mol. The molecule has 0 aliphatic heterocycles. The number of oxime groups is 1. The smallest absolute Gasteiger partial charge is 0.170 e. The van der Waals surface area contributed by atoms with E-state index in [2.05, 4.69) is 19.0 Å². The van der Waals surface area contributed by atoms with Gasteiger partial charge in [-0.15, -0.1) is 0 Å². The molecule has 0 bridgehead atoms. The summed E-state index contributed by atoms with van der Waals surface area (Å²) in [5.74, 6) is 1.87. The van der Waals surface area contributed by atoms with Gasteiger partial charge in [0.1, 0.15) is 0 Å². The second kappa shape index (κ2) is 6.74. The minimum absolute atomic E-state index is 0.0435. The molecule has 5 heteroatoms. The summed E-state index contributed by atoms with van der Waals surface area (Å²) in [4.78, 5) is 0. The summed E-state index contributed by atoms with van der Waals surface area (Å²) in [5.41, 5.74) is 6.10. The lowest BCUT2D eigenvalue weighted by Gasteiger charge is -2.12. The van der Waals surface area contributed by atoms with Gasteiger partial charge in [0.05, 0.1) is 13.7 Å². The van der Waals surface area contributed by atoms with E-state index in [1.54, 1.807) is 25.3 Å². The van der Waals surface area contributed by atoms with Crippen molar-refractivity contribution in [2.75, 3.05) is 13.7 Å². The van der Waals surface area contributed by atoms with Gasteiger partial charge in [0.25, 0.3) is 0 Å². The third-order valence-electron chi connectivity index (χ3n) is 2.52. The normalized spacial score (nSPS) is 11.7. The number of nitrogens with two attached hydrogens (primary N) is 1. The standard InChI is InChI=1S/C13H20N2O3/c1-9(2)6-7-18-11-5-4-10(13(14)15-16)8-12(11)17-3/h4-5,8-9,16H,6-7H2,1-3H3,(H2,14,15). The van der Waals surface area contributed by atoms with Crippen molar-refractivity contribution in [3.63, 3.8) is 0 Å². The van der Waals surface area contributed by atoms with E-state index in [0.717, 1.165) is 6.42 Å². The Balaban J connectivity index is 2.80. The summed E-state index contributed by atoms with van der Waals surface area (Å²) < 4.78 is 10.9. The van der Waals surface area contributed by atoms with Crippen LogP contribution in [0.5, 0.6) is 11.5 Å². The fourth-order valence-corrected chi connectivity index (χ4v) is 1.41. The molecule has 100 valence electrons. The van der Waals surface area contributed by atoms with Gasteiger partial charge in [0.15, 0.2) is 17.3 Å². The van der Waals surface area contributed by atoms with Crippen molar-refractivity contribution in [3.05, 3.63) is 23.8 Å². The summed E-state index contributed by atoms with van der Waals surface area (Å²) in [5, 5.41) is 11.6. The van der Waals surface area contributed by atoms with Crippen LogP contribution in [0.1, 0.15) is 25.8 Å². The second-order valence-electron chi connectivity index (χ2n) is 4.38. The molecule has 0 aliphatic rings. The highest BCUT2D eigenvalue weighted by Crippen LogP contribution is 2.28. The van der Waals surface area contributed by atoms with Crippen molar-refractivity contribution < 1.29 is 14.7 Å². The molecule has 0 aromatic heterocycles. The van der Waals surface area contributed by atoms with E-state index in [9.17, 15) is 0 Å². The maximum Gasteiger partial charge on any atom is 0.170 e. The maximum absolute atomic E-state index is 8.61. The molecule has 0 heterocycles. The maximum atomic E-state index is 8.61. The van der Waals surface area contributed by atoms with Gasteiger partial charge in [-0.05, 0) is 30.5 Å². The summed E-state index contributed by atoms with van der Waals surface area (Å²) in [6, 6.07) is 5.16. The summed E-state index contributed by atoms with van der Waals surface area (Å²) in [7, 11) is 1.56. The number of amidine groups is 1. The highest BCUT2D eigenvalue weighted by Gasteiger charge is 2.08. The summed E-state index contributed by atoms with van der Waals surface area (Å²) >= 11 is 0. The van der Waals surface area contributed by atoms with Gasteiger partial charge in [-0.1, -0.05) is 19.0 Å². The van der Waals surface area contributed by atoms with Gasteiger partial charge < -0.3 is 20.4 Å². The Labute approximate surface area is 107 Å². The Bertz CT molecular complexity index is 417. The molecule has 0 radical (unpaired) electrons. The molecule has 0 unspecified atom stereocenters. The molecular weight excluding hydrogens is 232 g/mol. The van der Waals surface area contributed by atoms with E-state index in [1.165, 1.54) is 0 Å². The molecule has 3 N–H and O–H groups in total. The molecular formula is C13H20N2O3. The van der Waals surface area contributed by atoms with E-state index in [0.29, 0.717) is 29.6 Å². The van der Waals surface area contributed by atoms with Crippen LogP contribution in [0.2, 0.25) is 0 Å². The van der Waals surface area contributed by atoms with Crippen LogP contribution in [0.3, 0.4) is 0 Å². The fourth-order valence-electron chi connectivity index (χ4n) is 1.41. The van der Waals surface area contributed by atoms with Crippen LogP contribution in [-0.2, 0) is 0 Å². The van der Waals surface area contributed by atoms with Gasteiger partial charge in [0.2, 0.25) is 0 Å². The first kappa shape index (κ1) is 14.2. The van der Waals surface area contributed by atoms with Crippen molar-refractivity contribution in [1.29, 1.82) is 0 Å². The largest absolute Gasteiger partial charge is 0.493 e. The lowest BCUT2D eigenvalue weighted by Crippen LogP contribution is -2.13. The van der Waals surface area contributed by atoms with Gasteiger partial charge >= 0.3 is 0 Å². The molecule has 0 saturated carbocycles. The topological polar surface area (TPSA) is 77.1 Å². The van der Waals surface area contributed by atoms with Crippen LogP contribution < -0.4 is 15.2 Å². The quantitative estimate of drug-likeness (QED) is 0.352. The van der Waals surface area contributed by atoms with Crippen LogP contribution in [-0.4, -0.2) is 24.8 Å². The van der Waals surface area contributed by atoms with E-state index >= 15 is 0 Å². The minimum Gasteiger partial charge on any atom is -0.493 e. The van der Waals surface area contributed by atoms with Crippen LogP contribution in [0.15, 0.2) is 23.4 Å². The average Bonchev–Trinajstić information content (AvgIpc) is 2.37. The number of nitrogens with zero attached hydrogens (tertiary/aromatic N) is 1. The van der Waals surface area contributed by atoms with Crippen LogP contribution >= 0.6 is 0 Å². The predicted molar refractivity (Wildman–Crippen MR) is 70.5 cm³/mol. The highest BCUT2D eigenvalue weighted by atomic mass is 16.5. The van der Waals surface area contributed by atoms with Crippen molar-refractivity contribution in [2.24, 2.45) is 16.8 Å². The molecule has 0 fully saturated rings. The van der Waals surface area contributed by atoms with Crippen LogP contribution in [0, 0.1) is 5.92 Å². The van der Waals surface area contributed by atoms with Crippen molar-refractivity contribution in [1.82, 2.24) is 0 Å². The Kier molecular flexibility index (Phi) is 5.30. The summed E-state index contributed by atoms with van der Waals surface area (Å²) in [6.45, 7) is 4.92. The van der Waals surface area contributed by atoms with Gasteiger partial charge in [-0.2, -0.15) is 0 Å².